The number of ketones is 1. The molecular weight excluding hydrogens is 438 g/mol. The molecule has 4 aromatic rings. The molecule has 8 heteroatoms. The monoisotopic (exact) mass is 459 g/mol. The van der Waals surface area contributed by atoms with Crippen LogP contribution in [0.25, 0.3) is 10.6 Å². The molecule has 0 bridgehead atoms. The predicted molar refractivity (Wildman–Crippen MR) is 126 cm³/mol. The quantitative estimate of drug-likeness (QED) is 0.306. The van der Waals surface area contributed by atoms with Gasteiger partial charge in [-0.1, -0.05) is 36.4 Å². The van der Waals surface area contributed by atoms with E-state index in [0.29, 0.717) is 29.1 Å². The minimum absolute atomic E-state index is 0.0591. The molecule has 0 aliphatic heterocycles. The van der Waals surface area contributed by atoms with E-state index in [1.165, 1.54) is 18.3 Å². The number of hydrogen-bond donors (Lipinski definition) is 1. The Labute approximate surface area is 194 Å². The van der Waals surface area contributed by atoms with Gasteiger partial charge < -0.3 is 10.1 Å². The summed E-state index contributed by atoms with van der Waals surface area (Å²) in [6.45, 7) is 1.53. The van der Waals surface area contributed by atoms with Crippen LogP contribution in [0.15, 0.2) is 78.3 Å². The number of ether oxygens (including phenoxy) is 1. The maximum absolute atomic E-state index is 12.8. The second-order valence-corrected chi connectivity index (χ2v) is 8.26. The SMILES string of the molecule is CC(=O)c1ccc(NC(=O)COC(=O)c2cn(Cc3ccccc3)nc2-c2cccs2)cc1. The number of hydrogen-bond acceptors (Lipinski definition) is 6. The lowest BCUT2D eigenvalue weighted by atomic mass is 10.1. The van der Waals surface area contributed by atoms with E-state index >= 15 is 0 Å². The van der Waals surface area contributed by atoms with Crippen molar-refractivity contribution in [3.63, 3.8) is 0 Å². The highest BCUT2D eigenvalue weighted by Crippen LogP contribution is 2.27. The van der Waals surface area contributed by atoms with Gasteiger partial charge >= 0.3 is 5.97 Å². The van der Waals surface area contributed by atoms with Crippen LogP contribution in [0, 0.1) is 0 Å². The molecule has 1 N–H and O–H groups in total. The van der Waals surface area contributed by atoms with Gasteiger partial charge in [-0.3, -0.25) is 14.3 Å². The number of esters is 1. The van der Waals surface area contributed by atoms with Crippen molar-refractivity contribution >= 4 is 34.7 Å². The van der Waals surface area contributed by atoms with E-state index in [4.69, 9.17) is 4.74 Å². The Morgan fingerprint density at radius 2 is 1.76 bits per heavy atom. The van der Waals surface area contributed by atoms with Crippen molar-refractivity contribution in [1.82, 2.24) is 9.78 Å². The molecule has 166 valence electrons. The molecule has 33 heavy (non-hydrogen) atoms. The Hall–Kier alpha value is -4.04. The zero-order valence-corrected chi connectivity index (χ0v) is 18.7. The third kappa shape index (κ3) is 5.61. The first-order valence-corrected chi connectivity index (χ1v) is 11.1. The van der Waals surface area contributed by atoms with E-state index < -0.39 is 18.5 Å². The van der Waals surface area contributed by atoms with Crippen LogP contribution in [-0.4, -0.2) is 34.0 Å². The van der Waals surface area contributed by atoms with Crippen molar-refractivity contribution in [2.45, 2.75) is 13.5 Å². The van der Waals surface area contributed by atoms with Gasteiger partial charge in [-0.05, 0) is 48.2 Å². The highest BCUT2D eigenvalue weighted by Gasteiger charge is 2.21. The van der Waals surface area contributed by atoms with E-state index in [9.17, 15) is 14.4 Å². The van der Waals surface area contributed by atoms with Gasteiger partial charge in [0.05, 0.1) is 11.4 Å². The standard InChI is InChI=1S/C25H21N3O4S/c1-17(29)19-9-11-20(12-10-19)26-23(30)16-32-25(31)21-15-28(14-18-6-3-2-4-7-18)27-24(21)22-8-5-13-33-22/h2-13,15H,14,16H2,1H3,(H,26,30). The Morgan fingerprint density at radius 1 is 1.00 bits per heavy atom. The summed E-state index contributed by atoms with van der Waals surface area (Å²) in [5, 5.41) is 9.14. The van der Waals surface area contributed by atoms with Gasteiger partial charge in [-0.15, -0.1) is 11.3 Å². The minimum atomic E-state index is -0.625. The van der Waals surface area contributed by atoms with E-state index in [0.717, 1.165) is 10.4 Å². The predicted octanol–water partition coefficient (Wildman–Crippen LogP) is 4.66. The second-order valence-electron chi connectivity index (χ2n) is 7.31. The van der Waals surface area contributed by atoms with Crippen molar-refractivity contribution in [2.24, 2.45) is 0 Å². The lowest BCUT2D eigenvalue weighted by molar-refractivity contribution is -0.119. The Kier molecular flexibility index (Phi) is 6.75. The summed E-state index contributed by atoms with van der Waals surface area (Å²) in [6.07, 6.45) is 1.64. The highest BCUT2D eigenvalue weighted by atomic mass is 32.1. The van der Waals surface area contributed by atoms with Crippen LogP contribution in [0.5, 0.6) is 0 Å². The maximum atomic E-state index is 12.8. The fourth-order valence-corrected chi connectivity index (χ4v) is 3.93. The molecule has 2 heterocycles. The number of anilines is 1. The number of aromatic nitrogens is 2. The summed E-state index contributed by atoms with van der Waals surface area (Å²) in [5.41, 5.74) is 2.93. The number of Topliss-reactive ketones (excluding diaryl/α,β-unsaturated/α-hetero) is 1. The van der Waals surface area contributed by atoms with Crippen LogP contribution < -0.4 is 5.32 Å². The number of rotatable bonds is 8. The molecule has 1 amide bonds. The maximum Gasteiger partial charge on any atom is 0.342 e. The van der Waals surface area contributed by atoms with Gasteiger partial charge in [0.1, 0.15) is 11.3 Å². The van der Waals surface area contributed by atoms with Crippen LogP contribution in [-0.2, 0) is 16.1 Å². The zero-order chi connectivity index (χ0) is 23.2. The van der Waals surface area contributed by atoms with Gasteiger partial charge in [0, 0.05) is 17.4 Å². The van der Waals surface area contributed by atoms with Crippen molar-refractivity contribution in [3.8, 4) is 10.6 Å². The molecule has 2 aromatic heterocycles. The molecule has 4 rings (SSSR count). The Morgan fingerprint density at radius 3 is 2.42 bits per heavy atom. The molecule has 7 nitrogen and oxygen atoms in total. The van der Waals surface area contributed by atoms with Crippen LogP contribution in [0.1, 0.15) is 33.2 Å². The zero-order valence-electron chi connectivity index (χ0n) is 17.9. The molecule has 0 radical (unpaired) electrons. The molecule has 0 saturated carbocycles. The summed E-state index contributed by atoms with van der Waals surface area (Å²) >= 11 is 1.47. The van der Waals surface area contributed by atoms with Crippen molar-refractivity contribution in [3.05, 3.63) is 95.0 Å². The van der Waals surface area contributed by atoms with Gasteiger partial charge in [0.25, 0.3) is 5.91 Å². The lowest BCUT2D eigenvalue weighted by Gasteiger charge is -2.07. The van der Waals surface area contributed by atoms with E-state index in [2.05, 4.69) is 10.4 Å². The Balaban J connectivity index is 1.44. The molecule has 0 spiro atoms. The van der Waals surface area contributed by atoms with E-state index in [1.54, 1.807) is 35.1 Å². The molecule has 0 unspecified atom stereocenters. The summed E-state index contributed by atoms with van der Waals surface area (Å²) in [7, 11) is 0. The fourth-order valence-electron chi connectivity index (χ4n) is 3.21. The van der Waals surface area contributed by atoms with Crippen molar-refractivity contribution in [1.29, 1.82) is 0 Å². The molecule has 0 atom stereocenters. The smallest absolute Gasteiger partial charge is 0.342 e. The van der Waals surface area contributed by atoms with Crippen LogP contribution in [0.2, 0.25) is 0 Å². The van der Waals surface area contributed by atoms with Gasteiger partial charge in [-0.25, -0.2) is 4.79 Å². The first-order valence-electron chi connectivity index (χ1n) is 10.2. The first kappa shape index (κ1) is 22.2. The molecule has 0 aliphatic carbocycles. The van der Waals surface area contributed by atoms with Gasteiger partial charge in [0.15, 0.2) is 12.4 Å². The second kappa shape index (κ2) is 10.1. The summed E-state index contributed by atoms with van der Waals surface area (Å²) < 4.78 is 6.96. The summed E-state index contributed by atoms with van der Waals surface area (Å²) in [5.74, 6) is -1.16. The van der Waals surface area contributed by atoms with Gasteiger partial charge in [0.2, 0.25) is 0 Å². The van der Waals surface area contributed by atoms with Crippen LogP contribution in [0.3, 0.4) is 0 Å². The number of thiophene rings is 1. The number of nitrogens with one attached hydrogen (secondary N) is 1. The molecular formula is C25H21N3O4S. The van der Waals surface area contributed by atoms with E-state index in [-0.39, 0.29) is 5.78 Å². The fraction of sp³-hybridized carbons (Fsp3) is 0.120. The Bertz CT molecular complexity index is 1260. The van der Waals surface area contributed by atoms with Gasteiger partial charge in [-0.2, -0.15) is 5.10 Å². The number of benzene rings is 2. The molecule has 0 saturated heterocycles. The van der Waals surface area contributed by atoms with Crippen molar-refractivity contribution < 1.29 is 19.1 Å². The average molecular weight is 460 g/mol. The van der Waals surface area contributed by atoms with Crippen LogP contribution in [0.4, 0.5) is 5.69 Å². The van der Waals surface area contributed by atoms with Crippen LogP contribution >= 0.6 is 11.3 Å². The highest BCUT2D eigenvalue weighted by molar-refractivity contribution is 7.13. The topological polar surface area (TPSA) is 90.3 Å². The number of carbonyl (C=O) groups excluding carboxylic acids is 3. The number of amides is 1. The average Bonchev–Trinajstić information content (AvgIpc) is 3.49. The third-order valence-corrected chi connectivity index (χ3v) is 5.71. The number of nitrogens with zero attached hydrogens (tertiary/aromatic N) is 2. The molecule has 0 fully saturated rings. The summed E-state index contributed by atoms with van der Waals surface area (Å²) in [6, 6.07) is 20.1. The lowest BCUT2D eigenvalue weighted by Crippen LogP contribution is -2.21. The van der Waals surface area contributed by atoms with Crippen molar-refractivity contribution in [2.75, 3.05) is 11.9 Å². The molecule has 0 aliphatic rings. The minimum Gasteiger partial charge on any atom is -0.452 e. The van der Waals surface area contributed by atoms with E-state index in [1.807, 2.05) is 47.8 Å². The number of carbonyl (C=O) groups is 3. The largest absolute Gasteiger partial charge is 0.452 e. The third-order valence-electron chi connectivity index (χ3n) is 4.83. The first-order chi connectivity index (χ1) is 16.0. The normalized spacial score (nSPS) is 10.6. The summed E-state index contributed by atoms with van der Waals surface area (Å²) in [4.78, 5) is 37.3. The molecule has 2 aromatic carbocycles.